The molecule has 0 fully saturated rings. The normalized spacial score (nSPS) is 11.7. The van der Waals surface area contributed by atoms with E-state index >= 15 is 0 Å². The number of ether oxygens (including phenoxy) is 1. The zero-order valence-electron chi connectivity index (χ0n) is 30.1. The van der Waals surface area contributed by atoms with Crippen molar-refractivity contribution in [3.63, 3.8) is 0 Å². The number of aromatic nitrogens is 4. The first-order valence-electron chi connectivity index (χ1n) is 18.6. The Morgan fingerprint density at radius 2 is 0.909 bits per heavy atom. The smallest absolute Gasteiger partial charge is 0.145 e. The predicted octanol–water partition coefficient (Wildman–Crippen LogP) is 12.6. The first kappa shape index (κ1) is 31.2. The molecule has 3 aromatic heterocycles. The third-order valence-corrected chi connectivity index (χ3v) is 10.9. The van der Waals surface area contributed by atoms with Crippen LogP contribution in [0.1, 0.15) is 0 Å². The summed E-state index contributed by atoms with van der Waals surface area (Å²) in [7, 11) is 1.75. The molecular formula is C50H34N4O. The first-order chi connectivity index (χ1) is 27.2. The lowest BCUT2D eigenvalue weighted by atomic mass is 10.00. The number of hydrogen-bond acceptors (Lipinski definition) is 2. The molecule has 3 heterocycles. The van der Waals surface area contributed by atoms with Crippen molar-refractivity contribution < 1.29 is 4.74 Å². The van der Waals surface area contributed by atoms with E-state index in [1.54, 1.807) is 7.11 Å². The van der Waals surface area contributed by atoms with E-state index in [2.05, 4.69) is 190 Å². The van der Waals surface area contributed by atoms with Crippen LogP contribution in [0.2, 0.25) is 0 Å². The van der Waals surface area contributed by atoms with Gasteiger partial charge in [0.25, 0.3) is 0 Å². The molecule has 0 N–H and O–H groups in total. The van der Waals surface area contributed by atoms with Crippen LogP contribution in [0, 0.1) is 0 Å². The molecule has 5 heteroatoms. The molecule has 0 radical (unpaired) electrons. The molecular weight excluding hydrogens is 673 g/mol. The summed E-state index contributed by atoms with van der Waals surface area (Å²) >= 11 is 0. The van der Waals surface area contributed by atoms with E-state index in [1.807, 2.05) is 12.1 Å². The van der Waals surface area contributed by atoms with Gasteiger partial charge in [-0.3, -0.25) is 4.57 Å². The number of para-hydroxylation sites is 6. The predicted molar refractivity (Wildman–Crippen MR) is 227 cm³/mol. The lowest BCUT2D eigenvalue weighted by Gasteiger charge is -2.14. The zero-order valence-corrected chi connectivity index (χ0v) is 30.1. The van der Waals surface area contributed by atoms with Crippen molar-refractivity contribution in [2.24, 2.45) is 0 Å². The minimum Gasteiger partial charge on any atom is -0.496 e. The standard InChI is InChI=1S/C50H34N4O/c1-55-49-31-34(50-51-43-20-10-13-23-48(43)54(50)36-16-6-3-7-17-36)24-27-38(49)33-25-28-46-41(30-33)42-32-37(26-29-47(42)52(46)35-14-4-2-5-15-35)53-44-21-11-8-18-39(44)40-19-9-12-22-45(40)53/h2-32H,1H3. The van der Waals surface area contributed by atoms with Crippen molar-refractivity contribution in [1.82, 2.24) is 18.7 Å². The fraction of sp³-hybridized carbons (Fsp3) is 0.0200. The van der Waals surface area contributed by atoms with Crippen molar-refractivity contribution in [1.29, 1.82) is 0 Å². The maximum Gasteiger partial charge on any atom is 0.145 e. The molecule has 11 aromatic rings. The second-order valence-corrected chi connectivity index (χ2v) is 14.0. The Morgan fingerprint density at radius 1 is 0.382 bits per heavy atom. The van der Waals surface area contributed by atoms with Crippen LogP contribution < -0.4 is 4.74 Å². The third kappa shape index (κ3) is 4.83. The van der Waals surface area contributed by atoms with Crippen LogP contribution in [0.3, 0.4) is 0 Å². The van der Waals surface area contributed by atoms with E-state index in [0.29, 0.717) is 0 Å². The molecule has 8 aromatic carbocycles. The van der Waals surface area contributed by atoms with Gasteiger partial charge in [-0.1, -0.05) is 97.1 Å². The number of rotatable bonds is 6. The largest absolute Gasteiger partial charge is 0.496 e. The SMILES string of the molecule is COc1cc(-c2nc3ccccc3n2-c2ccccc2)ccc1-c1ccc2c(c1)c1cc(-n3c4ccccc4c4ccccc43)ccc1n2-c1ccccc1. The molecule has 11 rings (SSSR count). The molecule has 0 saturated heterocycles. The maximum absolute atomic E-state index is 6.16. The van der Waals surface area contributed by atoms with Gasteiger partial charge in [0.1, 0.15) is 11.6 Å². The van der Waals surface area contributed by atoms with E-state index in [-0.39, 0.29) is 0 Å². The summed E-state index contributed by atoms with van der Waals surface area (Å²) in [5.41, 5.74) is 13.1. The lowest BCUT2D eigenvalue weighted by Crippen LogP contribution is -1.98. The lowest BCUT2D eigenvalue weighted by molar-refractivity contribution is 0.416. The quantitative estimate of drug-likeness (QED) is 0.173. The second-order valence-electron chi connectivity index (χ2n) is 14.0. The highest BCUT2D eigenvalue weighted by atomic mass is 16.5. The van der Waals surface area contributed by atoms with Gasteiger partial charge in [-0.05, 0) is 96.6 Å². The number of methoxy groups -OCH3 is 1. The van der Waals surface area contributed by atoms with Crippen LogP contribution in [0.5, 0.6) is 5.75 Å². The summed E-state index contributed by atoms with van der Waals surface area (Å²) in [6.07, 6.45) is 0. The van der Waals surface area contributed by atoms with E-state index < -0.39 is 0 Å². The van der Waals surface area contributed by atoms with Crippen LogP contribution in [0.25, 0.3) is 94.2 Å². The molecule has 0 saturated carbocycles. The van der Waals surface area contributed by atoms with Crippen molar-refractivity contribution in [3.05, 3.63) is 188 Å². The highest BCUT2D eigenvalue weighted by Crippen LogP contribution is 2.41. The second kappa shape index (κ2) is 12.4. The molecule has 0 amide bonds. The number of imidazole rings is 1. The van der Waals surface area contributed by atoms with Crippen LogP contribution in [-0.2, 0) is 0 Å². The van der Waals surface area contributed by atoms with E-state index in [4.69, 9.17) is 9.72 Å². The molecule has 0 spiro atoms. The molecule has 0 aliphatic heterocycles. The fourth-order valence-electron chi connectivity index (χ4n) is 8.50. The number of hydrogen-bond donors (Lipinski definition) is 0. The first-order valence-corrected chi connectivity index (χ1v) is 18.6. The number of benzene rings is 8. The summed E-state index contributed by atoms with van der Waals surface area (Å²) < 4.78 is 13.2. The molecule has 0 atom stereocenters. The molecule has 0 aliphatic carbocycles. The summed E-state index contributed by atoms with van der Waals surface area (Å²) in [5, 5.41) is 4.87. The van der Waals surface area contributed by atoms with Crippen molar-refractivity contribution in [2.45, 2.75) is 0 Å². The molecule has 0 bridgehead atoms. The minimum atomic E-state index is 0.793. The topological polar surface area (TPSA) is 36.9 Å². The van der Waals surface area contributed by atoms with Gasteiger partial charge >= 0.3 is 0 Å². The van der Waals surface area contributed by atoms with Gasteiger partial charge < -0.3 is 13.9 Å². The molecule has 0 unspecified atom stereocenters. The van der Waals surface area contributed by atoms with Gasteiger partial charge in [-0.15, -0.1) is 0 Å². The molecule has 260 valence electrons. The fourth-order valence-corrected chi connectivity index (χ4v) is 8.50. The Kier molecular flexibility index (Phi) is 7.01. The van der Waals surface area contributed by atoms with Gasteiger partial charge in [0.2, 0.25) is 0 Å². The summed E-state index contributed by atoms with van der Waals surface area (Å²) in [6, 6.07) is 66.8. The van der Waals surface area contributed by atoms with Gasteiger partial charge in [0.15, 0.2) is 0 Å². The Balaban J connectivity index is 1.11. The number of fused-ring (bicyclic) bond motifs is 7. The van der Waals surface area contributed by atoms with Gasteiger partial charge in [-0.25, -0.2) is 4.98 Å². The number of nitrogens with zero attached hydrogens (tertiary/aromatic N) is 4. The van der Waals surface area contributed by atoms with E-state index in [1.165, 1.54) is 32.6 Å². The molecule has 55 heavy (non-hydrogen) atoms. The Hall–Kier alpha value is -7.37. The summed E-state index contributed by atoms with van der Waals surface area (Å²) in [4.78, 5) is 5.11. The van der Waals surface area contributed by atoms with Crippen molar-refractivity contribution in [3.8, 4) is 45.3 Å². The Labute approximate surface area is 317 Å². The van der Waals surface area contributed by atoms with Gasteiger partial charge in [0.05, 0.1) is 40.2 Å². The van der Waals surface area contributed by atoms with E-state index in [0.717, 1.165) is 67.4 Å². The maximum atomic E-state index is 6.16. The van der Waals surface area contributed by atoms with Crippen molar-refractivity contribution in [2.75, 3.05) is 7.11 Å². The Bertz CT molecular complexity index is 3190. The van der Waals surface area contributed by atoms with Gasteiger partial charge in [-0.2, -0.15) is 0 Å². The molecule has 0 aliphatic rings. The van der Waals surface area contributed by atoms with Crippen LogP contribution in [-0.4, -0.2) is 25.8 Å². The average molecular weight is 707 g/mol. The highest BCUT2D eigenvalue weighted by Gasteiger charge is 2.20. The van der Waals surface area contributed by atoms with E-state index in [9.17, 15) is 0 Å². The molecule has 5 nitrogen and oxygen atoms in total. The van der Waals surface area contributed by atoms with Crippen LogP contribution >= 0.6 is 0 Å². The monoisotopic (exact) mass is 706 g/mol. The zero-order chi connectivity index (χ0) is 36.5. The highest BCUT2D eigenvalue weighted by molar-refractivity contribution is 6.13. The minimum absolute atomic E-state index is 0.793. The Morgan fingerprint density at radius 3 is 1.60 bits per heavy atom. The summed E-state index contributed by atoms with van der Waals surface area (Å²) in [5.74, 6) is 1.66. The van der Waals surface area contributed by atoms with Gasteiger partial charge in [0, 0.05) is 49.7 Å². The average Bonchev–Trinajstić information content (AvgIpc) is 3.92. The van der Waals surface area contributed by atoms with Crippen LogP contribution in [0.4, 0.5) is 0 Å². The summed E-state index contributed by atoms with van der Waals surface area (Å²) in [6.45, 7) is 0. The third-order valence-electron chi connectivity index (χ3n) is 10.9. The van der Waals surface area contributed by atoms with Crippen LogP contribution in [0.15, 0.2) is 188 Å². The van der Waals surface area contributed by atoms with Crippen molar-refractivity contribution >= 4 is 54.6 Å².